The molecule has 0 aromatic carbocycles. The van der Waals surface area contributed by atoms with Gasteiger partial charge in [0.2, 0.25) is 0 Å². The highest BCUT2D eigenvalue weighted by Crippen LogP contribution is 2.18. The van der Waals surface area contributed by atoms with Gasteiger partial charge >= 0.3 is 12.3 Å². The number of halogens is 3. The van der Waals surface area contributed by atoms with Crippen molar-refractivity contribution in [3.63, 3.8) is 0 Å². The summed E-state index contributed by atoms with van der Waals surface area (Å²) in [5.41, 5.74) is 0. The summed E-state index contributed by atoms with van der Waals surface area (Å²) < 4.78 is 40.0. The van der Waals surface area contributed by atoms with Gasteiger partial charge in [-0.2, -0.15) is 13.2 Å². The number of ether oxygens (including phenoxy) is 1. The van der Waals surface area contributed by atoms with Gasteiger partial charge in [-0.1, -0.05) is 13.8 Å². The van der Waals surface area contributed by atoms with Crippen LogP contribution in [0.4, 0.5) is 18.0 Å². The molecule has 0 aliphatic carbocycles. The van der Waals surface area contributed by atoms with E-state index in [0.29, 0.717) is 13.1 Å². The van der Waals surface area contributed by atoms with Crippen LogP contribution in [0.25, 0.3) is 0 Å². The van der Waals surface area contributed by atoms with Gasteiger partial charge in [0.15, 0.2) is 6.61 Å². The molecule has 0 saturated carbocycles. The molecule has 1 saturated heterocycles. The number of alkyl halides is 3. The minimum absolute atomic E-state index is 0.221. The number of nitrogens with zero attached hydrogens (tertiary/aromatic N) is 2. The SMILES string of the molecule is CCN(CC)C1CCN(C(=O)OCC(F)(F)F)C1. The zero-order chi connectivity index (χ0) is 13.8. The van der Waals surface area contributed by atoms with Crippen molar-refractivity contribution in [2.75, 3.05) is 32.8 Å². The van der Waals surface area contributed by atoms with Gasteiger partial charge < -0.3 is 9.64 Å². The third kappa shape index (κ3) is 4.36. The maximum atomic E-state index is 11.9. The maximum Gasteiger partial charge on any atom is 0.422 e. The normalized spacial score (nSPS) is 20.6. The Bertz CT molecular complexity index is 280. The molecule has 0 spiro atoms. The number of hydrogen-bond acceptors (Lipinski definition) is 3. The molecule has 1 fully saturated rings. The lowest BCUT2D eigenvalue weighted by molar-refractivity contribution is -0.162. The number of amides is 1. The van der Waals surface area contributed by atoms with Gasteiger partial charge in [-0.25, -0.2) is 4.79 Å². The van der Waals surface area contributed by atoms with Crippen molar-refractivity contribution in [2.45, 2.75) is 32.5 Å². The molecule has 0 radical (unpaired) electrons. The van der Waals surface area contributed by atoms with Gasteiger partial charge in [0.05, 0.1) is 0 Å². The highest BCUT2D eigenvalue weighted by Gasteiger charge is 2.34. The first kappa shape index (κ1) is 15.1. The fourth-order valence-electron chi connectivity index (χ4n) is 2.18. The molecular formula is C11H19F3N2O2. The van der Waals surface area contributed by atoms with E-state index in [0.717, 1.165) is 19.5 Å². The summed E-state index contributed by atoms with van der Waals surface area (Å²) >= 11 is 0. The Balaban J connectivity index is 2.39. The minimum atomic E-state index is -4.46. The fraction of sp³-hybridized carbons (Fsp3) is 0.909. The largest absolute Gasteiger partial charge is 0.440 e. The topological polar surface area (TPSA) is 32.8 Å². The van der Waals surface area contributed by atoms with Crippen LogP contribution in [-0.4, -0.2) is 60.9 Å². The molecule has 0 aromatic rings. The number of hydrogen-bond donors (Lipinski definition) is 0. The van der Waals surface area contributed by atoms with Crippen molar-refractivity contribution in [1.29, 1.82) is 0 Å². The summed E-state index contributed by atoms with van der Waals surface area (Å²) in [6.07, 6.45) is -4.56. The van der Waals surface area contributed by atoms with Crippen LogP contribution in [-0.2, 0) is 4.74 Å². The van der Waals surface area contributed by atoms with Crippen molar-refractivity contribution in [3.05, 3.63) is 0 Å². The lowest BCUT2D eigenvalue weighted by atomic mass is 10.2. The van der Waals surface area contributed by atoms with Crippen molar-refractivity contribution in [1.82, 2.24) is 9.80 Å². The summed E-state index contributed by atoms with van der Waals surface area (Å²) in [6, 6.07) is 0.221. The maximum absolute atomic E-state index is 11.9. The fourth-order valence-corrected chi connectivity index (χ4v) is 2.18. The zero-order valence-electron chi connectivity index (χ0n) is 10.7. The van der Waals surface area contributed by atoms with Crippen molar-refractivity contribution in [3.8, 4) is 0 Å². The molecule has 1 aliphatic rings. The predicted octanol–water partition coefficient (Wildman–Crippen LogP) is 2.10. The second-order valence-corrected chi connectivity index (χ2v) is 4.28. The molecule has 0 N–H and O–H groups in total. The Morgan fingerprint density at radius 3 is 2.50 bits per heavy atom. The monoisotopic (exact) mass is 268 g/mol. The number of rotatable bonds is 4. The summed E-state index contributed by atoms with van der Waals surface area (Å²) in [5.74, 6) is 0. The Morgan fingerprint density at radius 2 is 2.00 bits per heavy atom. The van der Waals surface area contributed by atoms with Crippen LogP contribution in [0.1, 0.15) is 20.3 Å². The summed E-state index contributed by atoms with van der Waals surface area (Å²) in [4.78, 5) is 15.0. The van der Waals surface area contributed by atoms with Gasteiger partial charge in [-0.3, -0.25) is 4.90 Å². The van der Waals surface area contributed by atoms with E-state index in [4.69, 9.17) is 0 Å². The molecule has 7 heteroatoms. The van der Waals surface area contributed by atoms with E-state index in [9.17, 15) is 18.0 Å². The number of carbonyl (C=O) groups excluding carboxylic acids is 1. The molecule has 1 atom stereocenters. The van der Waals surface area contributed by atoms with E-state index in [1.54, 1.807) is 0 Å². The van der Waals surface area contributed by atoms with Crippen LogP contribution < -0.4 is 0 Å². The highest BCUT2D eigenvalue weighted by molar-refractivity contribution is 5.68. The Kier molecular flexibility index (Phi) is 5.25. The van der Waals surface area contributed by atoms with Crippen molar-refractivity contribution < 1.29 is 22.7 Å². The molecule has 1 rings (SSSR count). The standard InChI is InChI=1S/C11H19F3N2O2/c1-3-15(4-2)9-5-6-16(7-9)10(17)18-8-11(12,13)14/h9H,3-8H2,1-2H3. The Labute approximate surface area is 105 Å². The molecule has 0 aromatic heterocycles. The molecule has 0 bridgehead atoms. The number of likely N-dealkylation sites (N-methyl/N-ethyl adjacent to an activating group) is 1. The third-order valence-electron chi connectivity index (χ3n) is 3.11. The molecular weight excluding hydrogens is 249 g/mol. The van der Waals surface area contributed by atoms with Crippen LogP contribution in [0.15, 0.2) is 0 Å². The molecule has 1 aliphatic heterocycles. The average Bonchev–Trinajstić information content (AvgIpc) is 2.76. The number of likely N-dealkylation sites (tertiary alicyclic amines) is 1. The van der Waals surface area contributed by atoms with E-state index >= 15 is 0 Å². The van der Waals surface area contributed by atoms with E-state index in [1.807, 2.05) is 13.8 Å². The van der Waals surface area contributed by atoms with Crippen LogP contribution in [0.5, 0.6) is 0 Å². The van der Waals surface area contributed by atoms with Gasteiger partial charge in [0.25, 0.3) is 0 Å². The van der Waals surface area contributed by atoms with Crippen LogP contribution >= 0.6 is 0 Å². The second kappa shape index (κ2) is 6.26. The number of carbonyl (C=O) groups is 1. The van der Waals surface area contributed by atoms with Crippen LogP contribution in [0, 0.1) is 0 Å². The predicted molar refractivity (Wildman–Crippen MR) is 60.3 cm³/mol. The summed E-state index contributed by atoms with van der Waals surface area (Å²) in [7, 11) is 0. The summed E-state index contributed by atoms with van der Waals surface area (Å²) in [5, 5.41) is 0. The zero-order valence-corrected chi connectivity index (χ0v) is 10.7. The van der Waals surface area contributed by atoms with Gasteiger partial charge in [0.1, 0.15) is 0 Å². The first-order chi connectivity index (χ1) is 8.37. The first-order valence-electron chi connectivity index (χ1n) is 6.09. The van der Waals surface area contributed by atoms with E-state index in [1.165, 1.54) is 4.90 Å². The van der Waals surface area contributed by atoms with Gasteiger partial charge in [0, 0.05) is 19.1 Å². The quantitative estimate of drug-likeness (QED) is 0.782. The van der Waals surface area contributed by atoms with Crippen molar-refractivity contribution in [2.24, 2.45) is 0 Å². The molecule has 106 valence electrons. The molecule has 1 heterocycles. The van der Waals surface area contributed by atoms with E-state index < -0.39 is 18.9 Å². The lowest BCUT2D eigenvalue weighted by Crippen LogP contribution is -2.39. The smallest absolute Gasteiger partial charge is 0.422 e. The first-order valence-corrected chi connectivity index (χ1v) is 6.09. The van der Waals surface area contributed by atoms with Gasteiger partial charge in [-0.15, -0.1) is 0 Å². The second-order valence-electron chi connectivity index (χ2n) is 4.28. The molecule has 1 amide bonds. The van der Waals surface area contributed by atoms with Gasteiger partial charge in [-0.05, 0) is 19.5 Å². The highest BCUT2D eigenvalue weighted by atomic mass is 19.4. The Morgan fingerprint density at radius 1 is 1.39 bits per heavy atom. The summed E-state index contributed by atoms with van der Waals surface area (Å²) in [6.45, 7) is 5.16. The third-order valence-corrected chi connectivity index (χ3v) is 3.11. The minimum Gasteiger partial charge on any atom is -0.440 e. The molecule has 18 heavy (non-hydrogen) atoms. The van der Waals surface area contributed by atoms with E-state index in [-0.39, 0.29) is 6.04 Å². The van der Waals surface area contributed by atoms with Crippen molar-refractivity contribution >= 4 is 6.09 Å². The molecule has 1 unspecified atom stereocenters. The van der Waals surface area contributed by atoms with E-state index in [2.05, 4.69) is 9.64 Å². The van der Waals surface area contributed by atoms with Crippen LogP contribution in [0.2, 0.25) is 0 Å². The Hall–Kier alpha value is -0.980. The lowest BCUT2D eigenvalue weighted by Gasteiger charge is -2.25. The molecule has 4 nitrogen and oxygen atoms in total. The van der Waals surface area contributed by atoms with Crippen LogP contribution in [0.3, 0.4) is 0 Å². The average molecular weight is 268 g/mol.